The number of ether oxygens (including phenoxy) is 1. The van der Waals surface area contributed by atoms with E-state index in [1.54, 1.807) is 0 Å². The van der Waals surface area contributed by atoms with Crippen LogP contribution in [0.25, 0.3) is 0 Å². The Kier molecular flexibility index (Phi) is 3.62. The lowest BCUT2D eigenvalue weighted by Crippen LogP contribution is -2.47. The summed E-state index contributed by atoms with van der Waals surface area (Å²) in [6, 6.07) is 0.661. The van der Waals surface area contributed by atoms with Gasteiger partial charge in [0.05, 0.1) is 13.0 Å². The van der Waals surface area contributed by atoms with E-state index in [0.717, 1.165) is 13.0 Å². The van der Waals surface area contributed by atoms with Crippen LogP contribution >= 0.6 is 0 Å². The second-order valence-corrected chi connectivity index (χ2v) is 4.87. The Bertz CT molecular complexity index is 230. The number of hydrogen-bond acceptors (Lipinski definition) is 3. The summed E-state index contributed by atoms with van der Waals surface area (Å²) >= 11 is 0. The molecule has 3 atom stereocenters. The predicted octanol–water partition coefficient (Wildman–Crippen LogP) is 1.72. The lowest BCUT2D eigenvalue weighted by molar-refractivity contribution is -0.146. The molecule has 2 rings (SSSR count). The normalized spacial score (nSPS) is 36.5. The average Bonchev–Trinajstić information content (AvgIpc) is 2.51. The molecule has 0 aromatic heterocycles. The van der Waals surface area contributed by atoms with E-state index in [1.165, 1.54) is 39.2 Å². The molecule has 3 unspecified atom stereocenters. The molecular weight excluding hydrogens is 190 g/mol. The fourth-order valence-corrected chi connectivity index (χ4v) is 3.02. The molecule has 2 fully saturated rings. The van der Waals surface area contributed by atoms with E-state index in [2.05, 4.69) is 5.32 Å². The molecule has 0 aromatic carbocycles. The van der Waals surface area contributed by atoms with E-state index in [9.17, 15) is 4.79 Å². The first-order valence-electron chi connectivity index (χ1n) is 6.12. The van der Waals surface area contributed by atoms with Gasteiger partial charge in [-0.15, -0.1) is 0 Å². The standard InChI is InChI=1S/C12H21NO2/c1-15-12(14)10-7-9-5-3-2-4-6-11(9)13-8-10/h9-11,13H,2-8H2,1H3. The minimum atomic E-state index is -0.0369. The molecule has 3 heteroatoms. The van der Waals surface area contributed by atoms with Crippen molar-refractivity contribution in [3.63, 3.8) is 0 Å². The molecule has 1 aliphatic heterocycles. The highest BCUT2D eigenvalue weighted by molar-refractivity contribution is 5.72. The van der Waals surface area contributed by atoms with E-state index >= 15 is 0 Å². The van der Waals surface area contributed by atoms with E-state index in [0.29, 0.717) is 12.0 Å². The quantitative estimate of drug-likeness (QED) is 0.671. The van der Waals surface area contributed by atoms with Gasteiger partial charge in [0.1, 0.15) is 0 Å². The summed E-state index contributed by atoms with van der Waals surface area (Å²) in [6.45, 7) is 0.813. The van der Waals surface area contributed by atoms with Crippen LogP contribution in [0.4, 0.5) is 0 Å². The number of rotatable bonds is 1. The lowest BCUT2D eigenvalue weighted by Gasteiger charge is -2.35. The van der Waals surface area contributed by atoms with Crippen molar-refractivity contribution in [2.75, 3.05) is 13.7 Å². The summed E-state index contributed by atoms with van der Waals surface area (Å²) in [7, 11) is 1.49. The first-order chi connectivity index (χ1) is 7.31. The maximum atomic E-state index is 11.5. The van der Waals surface area contributed by atoms with Crippen LogP contribution in [0.5, 0.6) is 0 Å². The third kappa shape index (κ3) is 2.51. The van der Waals surface area contributed by atoms with E-state index in [1.807, 2.05) is 0 Å². The highest BCUT2D eigenvalue weighted by Gasteiger charge is 2.34. The van der Waals surface area contributed by atoms with Gasteiger partial charge in [-0.25, -0.2) is 0 Å². The third-order valence-corrected chi connectivity index (χ3v) is 3.91. The molecule has 15 heavy (non-hydrogen) atoms. The van der Waals surface area contributed by atoms with Crippen LogP contribution in [0.15, 0.2) is 0 Å². The van der Waals surface area contributed by atoms with Crippen molar-refractivity contribution < 1.29 is 9.53 Å². The van der Waals surface area contributed by atoms with Crippen LogP contribution in [0.2, 0.25) is 0 Å². The van der Waals surface area contributed by atoms with Gasteiger partial charge < -0.3 is 10.1 Å². The summed E-state index contributed by atoms with van der Waals surface area (Å²) in [5.41, 5.74) is 0. The molecule has 0 spiro atoms. The topological polar surface area (TPSA) is 38.3 Å². The molecule has 0 bridgehead atoms. The lowest BCUT2D eigenvalue weighted by atomic mass is 9.82. The summed E-state index contributed by atoms with van der Waals surface area (Å²) < 4.78 is 4.82. The number of carbonyl (C=O) groups is 1. The first-order valence-corrected chi connectivity index (χ1v) is 6.12. The largest absolute Gasteiger partial charge is 0.469 e. The molecule has 1 saturated carbocycles. The summed E-state index contributed by atoms with van der Waals surface area (Å²) in [4.78, 5) is 11.5. The minimum Gasteiger partial charge on any atom is -0.469 e. The first kappa shape index (κ1) is 10.9. The molecule has 1 aliphatic carbocycles. The van der Waals surface area contributed by atoms with Gasteiger partial charge in [0.2, 0.25) is 0 Å². The highest BCUT2D eigenvalue weighted by atomic mass is 16.5. The number of carbonyl (C=O) groups excluding carboxylic acids is 1. The Labute approximate surface area is 91.6 Å². The fraction of sp³-hybridized carbons (Fsp3) is 0.917. The Morgan fingerprint density at radius 2 is 2.07 bits per heavy atom. The van der Waals surface area contributed by atoms with Crippen molar-refractivity contribution >= 4 is 5.97 Å². The molecular formula is C12H21NO2. The second-order valence-electron chi connectivity index (χ2n) is 4.87. The number of methoxy groups -OCH3 is 1. The molecule has 0 radical (unpaired) electrons. The zero-order valence-electron chi connectivity index (χ0n) is 9.50. The number of piperidine rings is 1. The zero-order valence-corrected chi connectivity index (χ0v) is 9.50. The van der Waals surface area contributed by atoms with Crippen molar-refractivity contribution in [2.24, 2.45) is 11.8 Å². The summed E-state index contributed by atoms with van der Waals surface area (Å²) in [6.07, 6.45) is 7.64. The Balaban J connectivity index is 1.94. The van der Waals surface area contributed by atoms with Crippen LogP contribution in [-0.4, -0.2) is 25.7 Å². The minimum absolute atomic E-state index is 0.0369. The fourth-order valence-electron chi connectivity index (χ4n) is 3.02. The van der Waals surface area contributed by atoms with Crippen molar-refractivity contribution in [3.05, 3.63) is 0 Å². The number of fused-ring (bicyclic) bond motifs is 1. The Hall–Kier alpha value is -0.570. The molecule has 1 N–H and O–H groups in total. The monoisotopic (exact) mass is 211 g/mol. The second kappa shape index (κ2) is 4.97. The van der Waals surface area contributed by atoms with E-state index in [-0.39, 0.29) is 11.9 Å². The van der Waals surface area contributed by atoms with E-state index in [4.69, 9.17) is 4.74 Å². The van der Waals surface area contributed by atoms with Crippen LogP contribution in [0.3, 0.4) is 0 Å². The molecule has 86 valence electrons. The van der Waals surface area contributed by atoms with Gasteiger partial charge in [-0.1, -0.05) is 19.3 Å². The molecule has 0 amide bonds. The SMILES string of the molecule is COC(=O)C1CNC2CCCCCC2C1. The maximum Gasteiger partial charge on any atom is 0.309 e. The zero-order chi connectivity index (χ0) is 10.7. The number of nitrogens with one attached hydrogen (secondary N) is 1. The number of hydrogen-bond donors (Lipinski definition) is 1. The molecule has 2 aliphatic rings. The van der Waals surface area contributed by atoms with Crippen LogP contribution < -0.4 is 5.32 Å². The van der Waals surface area contributed by atoms with Crippen LogP contribution in [0.1, 0.15) is 38.5 Å². The maximum absolute atomic E-state index is 11.5. The molecule has 1 heterocycles. The van der Waals surface area contributed by atoms with Crippen molar-refractivity contribution in [3.8, 4) is 0 Å². The van der Waals surface area contributed by atoms with Gasteiger partial charge >= 0.3 is 5.97 Å². The highest BCUT2D eigenvalue weighted by Crippen LogP contribution is 2.32. The average molecular weight is 211 g/mol. The van der Waals surface area contributed by atoms with Crippen LogP contribution in [0, 0.1) is 11.8 Å². The van der Waals surface area contributed by atoms with Gasteiger partial charge in [-0.05, 0) is 25.2 Å². The summed E-state index contributed by atoms with van der Waals surface area (Å²) in [5.74, 6) is 0.755. The van der Waals surface area contributed by atoms with Crippen molar-refractivity contribution in [2.45, 2.75) is 44.6 Å². The summed E-state index contributed by atoms with van der Waals surface area (Å²) in [5, 5.41) is 3.53. The Morgan fingerprint density at radius 3 is 2.87 bits per heavy atom. The Morgan fingerprint density at radius 1 is 1.27 bits per heavy atom. The van der Waals surface area contributed by atoms with Gasteiger partial charge in [0.25, 0.3) is 0 Å². The smallest absolute Gasteiger partial charge is 0.309 e. The third-order valence-electron chi connectivity index (χ3n) is 3.91. The van der Waals surface area contributed by atoms with Gasteiger partial charge in [-0.3, -0.25) is 4.79 Å². The van der Waals surface area contributed by atoms with Gasteiger partial charge in [-0.2, -0.15) is 0 Å². The van der Waals surface area contributed by atoms with E-state index < -0.39 is 0 Å². The van der Waals surface area contributed by atoms with Crippen LogP contribution in [-0.2, 0) is 9.53 Å². The van der Waals surface area contributed by atoms with Gasteiger partial charge in [0.15, 0.2) is 0 Å². The molecule has 1 saturated heterocycles. The number of esters is 1. The molecule has 0 aromatic rings. The van der Waals surface area contributed by atoms with Crippen molar-refractivity contribution in [1.29, 1.82) is 0 Å². The molecule has 3 nitrogen and oxygen atoms in total. The van der Waals surface area contributed by atoms with Gasteiger partial charge in [0, 0.05) is 12.6 Å². The van der Waals surface area contributed by atoms with Crippen molar-refractivity contribution in [1.82, 2.24) is 5.32 Å². The predicted molar refractivity (Wildman–Crippen MR) is 58.5 cm³/mol.